The minimum Gasteiger partial charge on any atom is -0.530 e. The summed E-state index contributed by atoms with van der Waals surface area (Å²) in [5.74, 6) is 0. The van der Waals surface area contributed by atoms with Gasteiger partial charge < -0.3 is 14.8 Å². The maximum Gasteiger partial charge on any atom is 0.161 e. The Morgan fingerprint density at radius 1 is 1.78 bits per heavy atom. The number of amides is 1. The van der Waals surface area contributed by atoms with Gasteiger partial charge in [-0.05, 0) is 12.1 Å². The van der Waals surface area contributed by atoms with Crippen LogP contribution in [0.2, 0.25) is 0 Å². The highest BCUT2D eigenvalue weighted by molar-refractivity contribution is 5.62. The summed E-state index contributed by atoms with van der Waals surface area (Å²) in [7, 11) is 1.22. The van der Waals surface area contributed by atoms with E-state index >= 15 is 0 Å². The van der Waals surface area contributed by atoms with Gasteiger partial charge in [0.25, 0.3) is 0 Å². The smallest absolute Gasteiger partial charge is 0.161 e. The van der Waals surface area contributed by atoms with Crippen LogP contribution in [0.25, 0.3) is 0 Å². The number of nitroso groups, excluding NO2 is 1. The molecule has 0 N–H and O–H groups in total. The molecule has 0 aliphatic carbocycles. The molecule has 0 aliphatic rings. The molecule has 0 aromatic heterocycles. The molecule has 1 amide bonds. The quantitative estimate of drug-likeness (QED) is 0.468. The fourth-order valence-corrected chi connectivity index (χ4v) is 0.223. The van der Waals surface area contributed by atoms with Crippen molar-refractivity contribution in [3.05, 3.63) is 4.91 Å². The lowest BCUT2D eigenvalue weighted by atomic mass is 10.5. The van der Waals surface area contributed by atoms with Crippen LogP contribution in [0.15, 0.2) is 5.18 Å². The zero-order valence-corrected chi connectivity index (χ0v) is 5.20. The van der Waals surface area contributed by atoms with E-state index in [9.17, 15) is 14.8 Å². The van der Waals surface area contributed by atoms with Gasteiger partial charge >= 0.3 is 0 Å². The lowest BCUT2D eigenvalue weighted by Crippen LogP contribution is -2.42. The molecule has 0 rings (SSSR count). The topological polar surface area (TPSA) is 72.8 Å². The molecule has 5 nitrogen and oxygen atoms in total. The van der Waals surface area contributed by atoms with E-state index in [4.69, 9.17) is 0 Å². The summed E-state index contributed by atoms with van der Waals surface area (Å²) in [4.78, 5) is 20.3. The van der Waals surface area contributed by atoms with Crippen LogP contribution in [0, 0.1) is 4.91 Å². The van der Waals surface area contributed by atoms with Gasteiger partial charge in [-0.25, -0.2) is 0 Å². The molecule has 0 radical (unpaired) electrons. The van der Waals surface area contributed by atoms with E-state index in [-0.39, 0.29) is 0 Å². The minimum atomic E-state index is -1.40. The largest absolute Gasteiger partial charge is 0.530 e. The molecule has 0 aromatic carbocycles. The first-order valence-corrected chi connectivity index (χ1v) is 2.36. The Morgan fingerprint density at radius 3 is 2.33 bits per heavy atom. The van der Waals surface area contributed by atoms with Gasteiger partial charge in [-0.3, -0.25) is 0 Å². The molecular weight excluding hydrogens is 124 g/mol. The first-order chi connectivity index (χ1) is 4.09. The summed E-state index contributed by atoms with van der Waals surface area (Å²) in [5, 5.41) is 12.4. The van der Waals surface area contributed by atoms with Crippen LogP contribution >= 0.6 is 0 Å². The van der Waals surface area contributed by atoms with Crippen molar-refractivity contribution in [1.29, 1.82) is 0 Å². The van der Waals surface area contributed by atoms with E-state index in [1.54, 1.807) is 0 Å². The number of nitrogens with zero attached hydrogens (tertiary/aromatic N) is 2. The van der Waals surface area contributed by atoms with Crippen molar-refractivity contribution in [3.8, 4) is 0 Å². The number of rotatable bonds is 2. The van der Waals surface area contributed by atoms with E-state index in [1.165, 1.54) is 14.0 Å². The zero-order chi connectivity index (χ0) is 7.44. The standard InChI is InChI=1S/C4H8N2O3/c1-3(5-9)6(2)4(7)8/h3H,1-2H3,(H,7,8)/p-1. The van der Waals surface area contributed by atoms with Crippen LogP contribution in [0.4, 0.5) is 4.79 Å². The van der Waals surface area contributed by atoms with Gasteiger partial charge in [0.15, 0.2) is 6.17 Å². The summed E-state index contributed by atoms with van der Waals surface area (Å²) in [6, 6.07) is 0. The molecule has 0 fully saturated rings. The van der Waals surface area contributed by atoms with Crippen LogP contribution in [-0.2, 0) is 0 Å². The molecule has 0 bridgehead atoms. The maximum atomic E-state index is 9.92. The van der Waals surface area contributed by atoms with Crippen molar-refractivity contribution in [2.24, 2.45) is 5.18 Å². The van der Waals surface area contributed by atoms with Crippen LogP contribution in [0.5, 0.6) is 0 Å². The van der Waals surface area contributed by atoms with Crippen LogP contribution < -0.4 is 5.11 Å². The van der Waals surface area contributed by atoms with Crippen molar-refractivity contribution in [2.75, 3.05) is 7.05 Å². The van der Waals surface area contributed by atoms with Crippen LogP contribution in [0.3, 0.4) is 0 Å². The van der Waals surface area contributed by atoms with Gasteiger partial charge in [0.05, 0.1) is 0 Å². The molecule has 5 heteroatoms. The highest BCUT2D eigenvalue weighted by Gasteiger charge is 2.05. The van der Waals surface area contributed by atoms with E-state index in [2.05, 4.69) is 5.18 Å². The maximum absolute atomic E-state index is 9.92. The zero-order valence-electron chi connectivity index (χ0n) is 5.20. The lowest BCUT2D eigenvalue weighted by molar-refractivity contribution is -0.265. The first kappa shape index (κ1) is 7.87. The summed E-state index contributed by atoms with van der Waals surface area (Å²) >= 11 is 0. The molecule has 1 unspecified atom stereocenters. The monoisotopic (exact) mass is 131 g/mol. The Hall–Kier alpha value is -1.13. The molecule has 1 atom stereocenters. The number of carboxylic acid groups (broad SMARTS) is 1. The fourth-order valence-electron chi connectivity index (χ4n) is 0.223. The third-order valence-electron chi connectivity index (χ3n) is 1.00. The molecule has 0 heterocycles. The first-order valence-electron chi connectivity index (χ1n) is 2.36. The number of hydrogen-bond acceptors (Lipinski definition) is 4. The number of hydrogen-bond donors (Lipinski definition) is 0. The Kier molecular flexibility index (Phi) is 2.63. The van der Waals surface area contributed by atoms with Crippen LogP contribution in [0.1, 0.15) is 6.92 Å². The Morgan fingerprint density at radius 2 is 2.22 bits per heavy atom. The van der Waals surface area contributed by atoms with Crippen molar-refractivity contribution in [2.45, 2.75) is 13.1 Å². The minimum absolute atomic E-state index is 0.715. The Balaban J connectivity index is 3.86. The molecule has 0 saturated heterocycles. The van der Waals surface area contributed by atoms with Gasteiger partial charge in [0, 0.05) is 7.05 Å². The predicted octanol–water partition coefficient (Wildman–Crippen LogP) is -0.626. The highest BCUT2D eigenvalue weighted by Crippen LogP contribution is 1.93. The highest BCUT2D eigenvalue weighted by atomic mass is 16.4. The van der Waals surface area contributed by atoms with Gasteiger partial charge in [-0.2, -0.15) is 0 Å². The predicted molar refractivity (Wildman–Crippen MR) is 28.4 cm³/mol. The van der Waals surface area contributed by atoms with E-state index < -0.39 is 12.3 Å². The van der Waals surface area contributed by atoms with Gasteiger partial charge in [0.2, 0.25) is 0 Å². The second-order valence-corrected chi connectivity index (χ2v) is 1.61. The average Bonchev–Trinajstić information content (AvgIpc) is 1.84. The molecule has 0 aliphatic heterocycles. The fraction of sp³-hybridized carbons (Fsp3) is 0.750. The Labute approximate surface area is 52.2 Å². The lowest BCUT2D eigenvalue weighted by Gasteiger charge is -2.20. The number of carbonyl (C=O) groups excluding carboxylic acids is 1. The van der Waals surface area contributed by atoms with E-state index in [1.807, 2.05) is 0 Å². The molecule has 0 aromatic rings. The van der Waals surface area contributed by atoms with E-state index in [0.29, 0.717) is 4.90 Å². The SMILES string of the molecule is CC(N=O)N(C)C(=O)[O-]. The van der Waals surface area contributed by atoms with E-state index in [0.717, 1.165) is 0 Å². The molecule has 9 heavy (non-hydrogen) atoms. The van der Waals surface area contributed by atoms with Gasteiger partial charge in [-0.1, -0.05) is 0 Å². The van der Waals surface area contributed by atoms with Crippen molar-refractivity contribution in [1.82, 2.24) is 4.90 Å². The molecular formula is C4H7N2O3-. The van der Waals surface area contributed by atoms with Gasteiger partial charge in [-0.15, -0.1) is 4.91 Å². The summed E-state index contributed by atoms with van der Waals surface area (Å²) in [5.41, 5.74) is 0. The molecule has 52 valence electrons. The molecule has 0 spiro atoms. The Bertz CT molecular complexity index is 125. The third-order valence-corrected chi connectivity index (χ3v) is 1.00. The van der Waals surface area contributed by atoms with Crippen molar-refractivity contribution >= 4 is 6.09 Å². The summed E-state index contributed by atoms with van der Waals surface area (Å²) in [6.45, 7) is 1.36. The van der Waals surface area contributed by atoms with Crippen molar-refractivity contribution in [3.63, 3.8) is 0 Å². The summed E-state index contributed by atoms with van der Waals surface area (Å²) in [6.07, 6.45) is -2.27. The molecule has 0 saturated carbocycles. The second-order valence-electron chi connectivity index (χ2n) is 1.61. The normalized spacial score (nSPS) is 12.2. The number of carbonyl (C=O) groups is 1. The van der Waals surface area contributed by atoms with Crippen LogP contribution in [-0.4, -0.2) is 24.2 Å². The van der Waals surface area contributed by atoms with Gasteiger partial charge in [0.1, 0.15) is 6.09 Å². The second kappa shape index (κ2) is 3.01. The third kappa shape index (κ3) is 2.07. The summed E-state index contributed by atoms with van der Waals surface area (Å²) < 4.78 is 0. The van der Waals surface area contributed by atoms with Crippen molar-refractivity contribution < 1.29 is 9.90 Å². The average molecular weight is 131 g/mol.